The zero-order valence-electron chi connectivity index (χ0n) is 10.2. The molecule has 0 atom stereocenters. The van der Waals surface area contributed by atoms with Gasteiger partial charge in [-0.1, -0.05) is 41.9 Å². The highest BCUT2D eigenvalue weighted by atomic mass is 127. The first-order valence-corrected chi connectivity index (χ1v) is 7.39. The fraction of sp³-hybridized carbons (Fsp3) is 0.133. The van der Waals surface area contributed by atoms with Crippen molar-refractivity contribution >= 4 is 40.1 Å². The van der Waals surface area contributed by atoms with Crippen molar-refractivity contribution in [1.29, 1.82) is 0 Å². The van der Waals surface area contributed by atoms with Crippen LogP contribution in [0.1, 0.15) is 15.9 Å². The summed E-state index contributed by atoms with van der Waals surface area (Å²) in [7, 11) is 0. The standard InChI is InChI=1S/C15H13ClINO/c16-13-10-12(6-7-14(13)17)15(19)18-9-8-11-4-2-1-3-5-11/h1-7,10H,8-9H2,(H,18,19). The maximum Gasteiger partial charge on any atom is 0.251 e. The molecule has 2 aromatic carbocycles. The molecule has 0 aromatic heterocycles. The summed E-state index contributed by atoms with van der Waals surface area (Å²) in [4.78, 5) is 11.9. The van der Waals surface area contributed by atoms with E-state index in [0.29, 0.717) is 17.1 Å². The molecule has 1 amide bonds. The molecule has 0 aliphatic rings. The van der Waals surface area contributed by atoms with E-state index in [1.54, 1.807) is 12.1 Å². The molecule has 0 unspecified atom stereocenters. The van der Waals surface area contributed by atoms with Gasteiger partial charge in [0.05, 0.1) is 5.02 Å². The lowest BCUT2D eigenvalue weighted by molar-refractivity contribution is 0.0954. The second-order valence-electron chi connectivity index (χ2n) is 4.12. The lowest BCUT2D eigenvalue weighted by atomic mass is 10.1. The van der Waals surface area contributed by atoms with E-state index in [0.717, 1.165) is 9.99 Å². The van der Waals surface area contributed by atoms with Crippen LogP contribution in [-0.4, -0.2) is 12.5 Å². The van der Waals surface area contributed by atoms with Crippen LogP contribution < -0.4 is 5.32 Å². The van der Waals surface area contributed by atoms with Crippen LogP contribution in [0.3, 0.4) is 0 Å². The Morgan fingerprint density at radius 1 is 1.16 bits per heavy atom. The van der Waals surface area contributed by atoms with Crippen LogP contribution in [0, 0.1) is 3.57 Å². The van der Waals surface area contributed by atoms with E-state index in [-0.39, 0.29) is 5.91 Å². The minimum atomic E-state index is -0.0887. The van der Waals surface area contributed by atoms with Crippen LogP contribution >= 0.6 is 34.2 Å². The van der Waals surface area contributed by atoms with Crippen LogP contribution in [-0.2, 0) is 6.42 Å². The lowest BCUT2D eigenvalue weighted by Gasteiger charge is -2.06. The molecule has 0 aliphatic carbocycles. The lowest BCUT2D eigenvalue weighted by Crippen LogP contribution is -2.25. The van der Waals surface area contributed by atoms with Crippen molar-refractivity contribution in [2.24, 2.45) is 0 Å². The van der Waals surface area contributed by atoms with Gasteiger partial charge < -0.3 is 5.32 Å². The van der Waals surface area contributed by atoms with Crippen LogP contribution in [0.4, 0.5) is 0 Å². The van der Waals surface area contributed by atoms with Gasteiger partial charge in [-0.25, -0.2) is 0 Å². The Bertz CT molecular complexity index is 572. The number of rotatable bonds is 4. The highest BCUT2D eigenvalue weighted by molar-refractivity contribution is 14.1. The first kappa shape index (κ1) is 14.3. The molecule has 1 N–H and O–H groups in total. The molecule has 0 radical (unpaired) electrons. The molecule has 2 nitrogen and oxygen atoms in total. The first-order valence-electron chi connectivity index (χ1n) is 5.94. The smallest absolute Gasteiger partial charge is 0.251 e. The Kier molecular flexibility index (Phi) is 5.22. The van der Waals surface area contributed by atoms with Crippen molar-refractivity contribution in [2.75, 3.05) is 6.54 Å². The second kappa shape index (κ2) is 6.91. The number of halogens is 2. The molecule has 98 valence electrons. The summed E-state index contributed by atoms with van der Waals surface area (Å²) in [5.74, 6) is -0.0887. The molecule has 0 heterocycles. The Balaban J connectivity index is 1.89. The highest BCUT2D eigenvalue weighted by Gasteiger charge is 2.07. The van der Waals surface area contributed by atoms with Crippen LogP contribution in [0.5, 0.6) is 0 Å². The van der Waals surface area contributed by atoms with Gasteiger partial charge >= 0.3 is 0 Å². The van der Waals surface area contributed by atoms with Crippen molar-refractivity contribution < 1.29 is 4.79 Å². The maximum atomic E-state index is 11.9. The summed E-state index contributed by atoms with van der Waals surface area (Å²) in [5.41, 5.74) is 1.81. The number of carbonyl (C=O) groups is 1. The number of benzene rings is 2. The van der Waals surface area contributed by atoms with E-state index >= 15 is 0 Å². The Morgan fingerprint density at radius 3 is 2.58 bits per heavy atom. The fourth-order valence-electron chi connectivity index (χ4n) is 1.70. The van der Waals surface area contributed by atoms with E-state index in [1.165, 1.54) is 5.56 Å². The van der Waals surface area contributed by atoms with Gasteiger partial charge in [0, 0.05) is 15.7 Å². The third-order valence-corrected chi connectivity index (χ3v) is 4.30. The largest absolute Gasteiger partial charge is 0.352 e. The maximum absolute atomic E-state index is 11.9. The molecule has 2 rings (SSSR count). The van der Waals surface area contributed by atoms with Gasteiger partial charge in [0.15, 0.2) is 0 Å². The monoisotopic (exact) mass is 385 g/mol. The van der Waals surface area contributed by atoms with E-state index in [2.05, 4.69) is 27.9 Å². The molecule has 0 aliphatic heterocycles. The number of nitrogens with one attached hydrogen (secondary N) is 1. The molecule has 4 heteroatoms. The highest BCUT2D eigenvalue weighted by Crippen LogP contribution is 2.19. The van der Waals surface area contributed by atoms with E-state index in [1.807, 2.05) is 36.4 Å². The van der Waals surface area contributed by atoms with Crippen molar-refractivity contribution in [3.8, 4) is 0 Å². The third kappa shape index (κ3) is 4.21. The summed E-state index contributed by atoms with van der Waals surface area (Å²) in [6.07, 6.45) is 0.824. The molecular formula is C15H13ClINO. The summed E-state index contributed by atoms with van der Waals surface area (Å²) in [6.45, 7) is 0.618. The van der Waals surface area contributed by atoms with Gasteiger partial charge in [-0.2, -0.15) is 0 Å². The summed E-state index contributed by atoms with van der Waals surface area (Å²) < 4.78 is 0.945. The summed E-state index contributed by atoms with van der Waals surface area (Å²) in [6, 6.07) is 15.4. The predicted octanol–water partition coefficient (Wildman–Crippen LogP) is 3.92. The molecule has 0 saturated carbocycles. The number of carbonyl (C=O) groups excluding carboxylic acids is 1. The predicted molar refractivity (Wildman–Crippen MR) is 86.6 cm³/mol. The molecule has 0 spiro atoms. The van der Waals surface area contributed by atoms with E-state index in [9.17, 15) is 4.79 Å². The van der Waals surface area contributed by atoms with E-state index < -0.39 is 0 Å². The third-order valence-electron chi connectivity index (χ3n) is 2.72. The molecule has 0 fully saturated rings. The van der Waals surface area contributed by atoms with Gasteiger partial charge in [-0.15, -0.1) is 0 Å². The Labute approximate surface area is 131 Å². The Morgan fingerprint density at radius 2 is 1.89 bits per heavy atom. The number of amides is 1. The number of hydrogen-bond donors (Lipinski definition) is 1. The SMILES string of the molecule is O=C(NCCc1ccccc1)c1ccc(I)c(Cl)c1. The van der Waals surface area contributed by atoms with Crippen LogP contribution in [0.15, 0.2) is 48.5 Å². The minimum absolute atomic E-state index is 0.0887. The van der Waals surface area contributed by atoms with E-state index in [4.69, 9.17) is 11.6 Å². The van der Waals surface area contributed by atoms with Crippen molar-refractivity contribution in [1.82, 2.24) is 5.32 Å². The average Bonchev–Trinajstić information content (AvgIpc) is 2.43. The molecule has 19 heavy (non-hydrogen) atoms. The van der Waals surface area contributed by atoms with Gasteiger partial charge in [-0.05, 0) is 52.8 Å². The zero-order valence-corrected chi connectivity index (χ0v) is 13.1. The van der Waals surface area contributed by atoms with Crippen molar-refractivity contribution in [2.45, 2.75) is 6.42 Å². The normalized spacial score (nSPS) is 10.2. The average molecular weight is 386 g/mol. The van der Waals surface area contributed by atoms with Crippen LogP contribution in [0.2, 0.25) is 5.02 Å². The zero-order chi connectivity index (χ0) is 13.7. The van der Waals surface area contributed by atoms with Crippen LogP contribution in [0.25, 0.3) is 0 Å². The Hall–Kier alpha value is -1.07. The second-order valence-corrected chi connectivity index (χ2v) is 5.69. The van der Waals surface area contributed by atoms with Gasteiger partial charge in [0.1, 0.15) is 0 Å². The molecular weight excluding hydrogens is 373 g/mol. The van der Waals surface area contributed by atoms with Crippen molar-refractivity contribution in [3.05, 3.63) is 68.3 Å². The summed E-state index contributed by atoms with van der Waals surface area (Å²) in [5, 5.41) is 3.50. The van der Waals surface area contributed by atoms with Crippen molar-refractivity contribution in [3.63, 3.8) is 0 Å². The number of hydrogen-bond acceptors (Lipinski definition) is 1. The quantitative estimate of drug-likeness (QED) is 0.794. The first-order chi connectivity index (χ1) is 9.16. The summed E-state index contributed by atoms with van der Waals surface area (Å²) >= 11 is 8.14. The van der Waals surface area contributed by atoms with Gasteiger partial charge in [0.25, 0.3) is 5.91 Å². The molecule has 2 aromatic rings. The van der Waals surface area contributed by atoms with Gasteiger partial charge in [-0.3, -0.25) is 4.79 Å². The minimum Gasteiger partial charge on any atom is -0.352 e. The molecule has 0 saturated heterocycles. The topological polar surface area (TPSA) is 29.1 Å². The fourth-order valence-corrected chi connectivity index (χ4v) is 2.22. The van der Waals surface area contributed by atoms with Gasteiger partial charge in [0.2, 0.25) is 0 Å². The molecule has 0 bridgehead atoms.